The third-order valence-electron chi connectivity index (χ3n) is 5.16. The topological polar surface area (TPSA) is 106 Å². The molecule has 0 radical (unpaired) electrons. The van der Waals surface area contributed by atoms with Gasteiger partial charge in [-0.05, 0) is 36.2 Å². The van der Waals surface area contributed by atoms with E-state index < -0.39 is 17.7 Å². The molecule has 8 heteroatoms. The van der Waals surface area contributed by atoms with E-state index in [0.29, 0.717) is 30.1 Å². The highest BCUT2D eigenvalue weighted by Gasteiger charge is 2.46. The second-order valence-corrected chi connectivity index (χ2v) is 6.97. The smallest absolute Gasteiger partial charge is 0.295 e. The number of ether oxygens (including phenoxy) is 3. The Morgan fingerprint density at radius 2 is 1.61 bits per heavy atom. The average Bonchev–Trinajstić information content (AvgIpc) is 3.03. The third-order valence-corrected chi connectivity index (χ3v) is 5.16. The molecule has 1 heterocycles. The lowest BCUT2D eigenvalue weighted by Crippen LogP contribution is -2.31. The van der Waals surface area contributed by atoms with E-state index in [2.05, 4.69) is 0 Å². The molecule has 2 N–H and O–H groups in total. The summed E-state index contributed by atoms with van der Waals surface area (Å²) in [5.41, 5.74) is 0.687. The number of aliphatic hydroxyl groups is 1. The minimum absolute atomic E-state index is 0.0477. The van der Waals surface area contributed by atoms with Gasteiger partial charge in [-0.25, -0.2) is 0 Å². The van der Waals surface area contributed by atoms with Gasteiger partial charge in [-0.1, -0.05) is 18.2 Å². The predicted octanol–water partition coefficient (Wildman–Crippen LogP) is 2.87. The Morgan fingerprint density at radius 3 is 2.16 bits per heavy atom. The molecule has 0 saturated carbocycles. The Bertz CT molecular complexity index is 975. The van der Waals surface area contributed by atoms with Gasteiger partial charge in [0.2, 0.25) is 0 Å². The summed E-state index contributed by atoms with van der Waals surface area (Å²) in [7, 11) is 4.43. The van der Waals surface area contributed by atoms with Crippen molar-refractivity contribution >= 4 is 17.4 Å². The molecular weight excluding hydrogens is 402 g/mol. The summed E-state index contributed by atoms with van der Waals surface area (Å²) in [5, 5.41) is 20.9. The van der Waals surface area contributed by atoms with Crippen LogP contribution in [0.5, 0.6) is 17.2 Å². The van der Waals surface area contributed by atoms with Gasteiger partial charge in [0.1, 0.15) is 28.6 Å². The van der Waals surface area contributed by atoms with Crippen LogP contribution in [0.3, 0.4) is 0 Å². The second kappa shape index (κ2) is 9.53. The summed E-state index contributed by atoms with van der Waals surface area (Å²) in [6, 6.07) is 10.3. The van der Waals surface area contributed by atoms with E-state index in [9.17, 15) is 19.8 Å². The predicted molar refractivity (Wildman–Crippen MR) is 113 cm³/mol. The van der Waals surface area contributed by atoms with Crippen molar-refractivity contribution in [2.75, 3.05) is 34.5 Å². The molecule has 1 amide bonds. The molecule has 0 bridgehead atoms. The van der Waals surface area contributed by atoms with Gasteiger partial charge in [-0.3, -0.25) is 9.59 Å². The molecule has 164 valence electrons. The summed E-state index contributed by atoms with van der Waals surface area (Å²) in [4.78, 5) is 27.3. The molecule has 3 rings (SSSR count). The van der Waals surface area contributed by atoms with Gasteiger partial charge in [-0.2, -0.15) is 0 Å². The maximum Gasteiger partial charge on any atom is 0.295 e. The summed E-state index contributed by atoms with van der Waals surface area (Å²) < 4.78 is 15.8. The summed E-state index contributed by atoms with van der Waals surface area (Å²) in [6.45, 7) is 0.662. The van der Waals surface area contributed by atoms with Crippen molar-refractivity contribution in [1.82, 2.24) is 4.90 Å². The van der Waals surface area contributed by atoms with Crippen molar-refractivity contribution < 1.29 is 34.0 Å². The van der Waals surface area contributed by atoms with Crippen molar-refractivity contribution in [1.29, 1.82) is 0 Å². The quantitative estimate of drug-likeness (QED) is 0.289. The molecule has 1 aliphatic heterocycles. The van der Waals surface area contributed by atoms with E-state index in [1.165, 1.54) is 31.3 Å². The first-order valence-corrected chi connectivity index (χ1v) is 9.72. The van der Waals surface area contributed by atoms with Crippen molar-refractivity contribution in [3.05, 3.63) is 59.2 Å². The van der Waals surface area contributed by atoms with E-state index in [1.807, 2.05) is 0 Å². The van der Waals surface area contributed by atoms with Gasteiger partial charge in [-0.15, -0.1) is 0 Å². The lowest BCUT2D eigenvalue weighted by Gasteiger charge is -2.25. The zero-order valence-electron chi connectivity index (χ0n) is 17.6. The number of ketones is 1. The van der Waals surface area contributed by atoms with E-state index >= 15 is 0 Å². The van der Waals surface area contributed by atoms with Crippen LogP contribution < -0.4 is 9.47 Å². The maximum absolute atomic E-state index is 13.0. The number of rotatable bonds is 8. The fourth-order valence-electron chi connectivity index (χ4n) is 3.71. The fraction of sp³-hybridized carbons (Fsp3) is 0.304. The van der Waals surface area contributed by atoms with Gasteiger partial charge >= 0.3 is 0 Å². The Labute approximate surface area is 180 Å². The molecule has 8 nitrogen and oxygen atoms in total. The zero-order valence-corrected chi connectivity index (χ0v) is 17.6. The molecule has 1 unspecified atom stereocenters. The number of hydrogen-bond acceptors (Lipinski definition) is 7. The molecule has 0 spiro atoms. The standard InChI is InChI=1S/C23H25NO7/c1-29-13-5-12-24-20(14-8-10-15(25)11-9-14)19(22(27)23(24)28)21(26)18-16(30-2)6-4-7-17(18)31-3/h4,6-11,20,25-26H,5,12-13H2,1-3H3/b21-19+. The molecule has 31 heavy (non-hydrogen) atoms. The Hall–Kier alpha value is -3.52. The molecule has 2 aromatic rings. The van der Waals surface area contributed by atoms with Gasteiger partial charge < -0.3 is 29.3 Å². The average molecular weight is 427 g/mol. The SMILES string of the molecule is COCCCN1C(=O)C(=O)/C(=C(/O)c2c(OC)cccc2OC)C1c1ccc(O)cc1. The summed E-state index contributed by atoms with van der Waals surface area (Å²) >= 11 is 0. The van der Waals surface area contributed by atoms with Crippen LogP contribution in [0.2, 0.25) is 0 Å². The maximum atomic E-state index is 13.0. The fourth-order valence-corrected chi connectivity index (χ4v) is 3.71. The number of phenolic OH excluding ortho intramolecular Hbond substituents is 1. The van der Waals surface area contributed by atoms with Crippen LogP contribution in [0, 0.1) is 0 Å². The first kappa shape index (κ1) is 22.2. The molecule has 1 atom stereocenters. The number of phenols is 1. The van der Waals surface area contributed by atoms with Crippen LogP contribution in [0.15, 0.2) is 48.0 Å². The van der Waals surface area contributed by atoms with E-state index in [0.717, 1.165) is 0 Å². The second-order valence-electron chi connectivity index (χ2n) is 6.97. The van der Waals surface area contributed by atoms with Crippen molar-refractivity contribution in [3.63, 3.8) is 0 Å². The number of carbonyl (C=O) groups excluding carboxylic acids is 2. The van der Waals surface area contributed by atoms with Crippen molar-refractivity contribution in [2.45, 2.75) is 12.5 Å². The van der Waals surface area contributed by atoms with Crippen molar-refractivity contribution in [2.24, 2.45) is 0 Å². The first-order valence-electron chi connectivity index (χ1n) is 9.72. The number of nitrogens with zero attached hydrogens (tertiary/aromatic N) is 1. The van der Waals surface area contributed by atoms with Gasteiger partial charge in [0.05, 0.1) is 25.8 Å². The molecule has 1 aliphatic rings. The number of Topliss-reactive ketones (excluding diaryl/α,β-unsaturated/α-hetero) is 1. The number of aromatic hydroxyl groups is 1. The van der Waals surface area contributed by atoms with E-state index in [1.54, 1.807) is 37.4 Å². The van der Waals surface area contributed by atoms with Gasteiger partial charge in [0, 0.05) is 20.3 Å². The number of amides is 1. The number of benzene rings is 2. The van der Waals surface area contributed by atoms with Crippen LogP contribution >= 0.6 is 0 Å². The highest BCUT2D eigenvalue weighted by molar-refractivity contribution is 6.46. The van der Waals surface area contributed by atoms with E-state index in [4.69, 9.17) is 14.2 Å². The Morgan fingerprint density at radius 1 is 1.00 bits per heavy atom. The third kappa shape index (κ3) is 4.20. The highest BCUT2D eigenvalue weighted by Crippen LogP contribution is 2.43. The van der Waals surface area contributed by atoms with Crippen LogP contribution in [0.4, 0.5) is 0 Å². The monoisotopic (exact) mass is 427 g/mol. The highest BCUT2D eigenvalue weighted by atomic mass is 16.5. The lowest BCUT2D eigenvalue weighted by molar-refractivity contribution is -0.140. The van der Waals surface area contributed by atoms with Gasteiger partial charge in [0.25, 0.3) is 11.7 Å². The summed E-state index contributed by atoms with van der Waals surface area (Å²) in [5.74, 6) is -1.27. The number of carbonyl (C=O) groups is 2. The molecule has 0 aliphatic carbocycles. The number of methoxy groups -OCH3 is 3. The number of likely N-dealkylation sites (tertiary alicyclic amines) is 1. The molecule has 2 aromatic carbocycles. The normalized spacial score (nSPS) is 17.8. The molecule has 1 saturated heterocycles. The Kier molecular flexibility index (Phi) is 6.81. The van der Waals surface area contributed by atoms with Gasteiger partial charge in [0.15, 0.2) is 0 Å². The van der Waals surface area contributed by atoms with Crippen LogP contribution in [0.1, 0.15) is 23.6 Å². The molecule has 1 fully saturated rings. The minimum atomic E-state index is -0.841. The number of aliphatic hydroxyl groups excluding tert-OH is 1. The largest absolute Gasteiger partial charge is 0.508 e. The van der Waals surface area contributed by atoms with Crippen LogP contribution in [-0.4, -0.2) is 61.3 Å². The number of hydrogen-bond donors (Lipinski definition) is 2. The van der Waals surface area contributed by atoms with Crippen LogP contribution in [0.25, 0.3) is 5.76 Å². The Balaban J connectivity index is 2.21. The molecular formula is C23H25NO7. The lowest BCUT2D eigenvalue weighted by atomic mass is 9.94. The molecule has 0 aromatic heterocycles. The first-order chi connectivity index (χ1) is 14.9. The summed E-state index contributed by atoms with van der Waals surface area (Å²) in [6.07, 6.45) is 0.510. The zero-order chi connectivity index (χ0) is 22.5. The van der Waals surface area contributed by atoms with Crippen LogP contribution in [-0.2, 0) is 14.3 Å². The minimum Gasteiger partial charge on any atom is -0.508 e. The van der Waals surface area contributed by atoms with E-state index in [-0.39, 0.29) is 29.2 Å². The van der Waals surface area contributed by atoms with Crippen molar-refractivity contribution in [3.8, 4) is 17.2 Å².